The number of aliphatic hydroxyl groups is 1. The maximum absolute atomic E-state index is 12.3. The van der Waals surface area contributed by atoms with E-state index >= 15 is 0 Å². The Morgan fingerprint density at radius 2 is 2.00 bits per heavy atom. The quantitative estimate of drug-likeness (QED) is 0.712. The maximum Gasteiger partial charge on any atom is 0.254 e. The van der Waals surface area contributed by atoms with Crippen LogP contribution in [0, 0.1) is 6.92 Å². The van der Waals surface area contributed by atoms with Crippen molar-refractivity contribution in [2.75, 3.05) is 20.2 Å². The molecular weight excluding hydrogens is 336 g/mol. The first-order valence-electron chi connectivity index (χ1n) is 7.08. The number of amides is 1. The molecule has 0 fully saturated rings. The highest BCUT2D eigenvalue weighted by Gasteiger charge is 2.17. The lowest BCUT2D eigenvalue weighted by Crippen LogP contribution is -2.27. The summed E-state index contributed by atoms with van der Waals surface area (Å²) in [6.45, 7) is 1.46. The normalized spacial score (nSPS) is 11.5. The van der Waals surface area contributed by atoms with Crippen LogP contribution in [0.4, 0.5) is 0 Å². The van der Waals surface area contributed by atoms with Gasteiger partial charge < -0.3 is 14.5 Å². The third kappa shape index (κ3) is 4.37. The van der Waals surface area contributed by atoms with E-state index in [2.05, 4.69) is 14.9 Å². The Labute approximate surface area is 139 Å². The molecule has 0 aliphatic carbocycles. The zero-order chi connectivity index (χ0) is 17.7. The number of nitrogens with one attached hydrogen (secondary N) is 1. The highest BCUT2D eigenvalue weighted by Crippen LogP contribution is 2.13. The minimum absolute atomic E-state index is 0.0164. The minimum atomic E-state index is -3.70. The standard InChI is InChI=1S/C14H18N4O5S/c1-10-16-13(23-17-10)9-18(2)14(20)11-3-5-12(6-4-11)24(21,22)15-7-8-19/h3-6,15,19H,7-9H2,1-2H3. The van der Waals surface area contributed by atoms with Gasteiger partial charge in [0.2, 0.25) is 15.9 Å². The average Bonchev–Trinajstić information content (AvgIpc) is 2.97. The monoisotopic (exact) mass is 354 g/mol. The number of aromatic nitrogens is 2. The van der Waals surface area contributed by atoms with Gasteiger partial charge in [-0.15, -0.1) is 0 Å². The molecule has 0 spiro atoms. The van der Waals surface area contributed by atoms with Crippen LogP contribution in [0.2, 0.25) is 0 Å². The van der Waals surface area contributed by atoms with Crippen LogP contribution in [0.3, 0.4) is 0 Å². The number of aryl methyl sites for hydroxylation is 1. The van der Waals surface area contributed by atoms with Crippen LogP contribution in [-0.4, -0.2) is 54.7 Å². The van der Waals surface area contributed by atoms with Crippen molar-refractivity contribution < 1.29 is 22.8 Å². The first kappa shape index (κ1) is 18.0. The molecule has 1 aromatic heterocycles. The van der Waals surface area contributed by atoms with Crippen LogP contribution >= 0.6 is 0 Å². The fourth-order valence-corrected chi connectivity index (χ4v) is 2.96. The number of carbonyl (C=O) groups is 1. The second-order valence-corrected chi connectivity index (χ2v) is 6.81. The van der Waals surface area contributed by atoms with Gasteiger partial charge in [-0.3, -0.25) is 4.79 Å². The SMILES string of the molecule is Cc1noc(CN(C)C(=O)c2ccc(S(=O)(=O)NCCO)cc2)n1. The van der Waals surface area contributed by atoms with Gasteiger partial charge in [-0.1, -0.05) is 5.16 Å². The highest BCUT2D eigenvalue weighted by atomic mass is 32.2. The van der Waals surface area contributed by atoms with Gasteiger partial charge in [-0.25, -0.2) is 13.1 Å². The second-order valence-electron chi connectivity index (χ2n) is 5.04. The van der Waals surface area contributed by atoms with Gasteiger partial charge in [-0.05, 0) is 31.2 Å². The fraction of sp³-hybridized carbons (Fsp3) is 0.357. The van der Waals surface area contributed by atoms with E-state index in [0.29, 0.717) is 17.3 Å². The first-order chi connectivity index (χ1) is 11.3. The number of hydrogen-bond acceptors (Lipinski definition) is 7. The van der Waals surface area contributed by atoms with E-state index < -0.39 is 10.0 Å². The minimum Gasteiger partial charge on any atom is -0.395 e. The van der Waals surface area contributed by atoms with Crippen LogP contribution in [-0.2, 0) is 16.6 Å². The Hall–Kier alpha value is -2.30. The van der Waals surface area contributed by atoms with Gasteiger partial charge in [0.25, 0.3) is 5.91 Å². The Morgan fingerprint density at radius 1 is 1.33 bits per heavy atom. The van der Waals surface area contributed by atoms with Crippen molar-refractivity contribution in [2.45, 2.75) is 18.4 Å². The number of rotatable bonds is 7. The Kier molecular flexibility index (Phi) is 5.65. The van der Waals surface area contributed by atoms with Crippen molar-refractivity contribution >= 4 is 15.9 Å². The summed E-state index contributed by atoms with van der Waals surface area (Å²) in [5.41, 5.74) is 0.329. The number of benzene rings is 1. The Morgan fingerprint density at radius 3 is 2.54 bits per heavy atom. The van der Waals surface area contributed by atoms with Crippen molar-refractivity contribution in [3.63, 3.8) is 0 Å². The molecule has 0 atom stereocenters. The van der Waals surface area contributed by atoms with E-state index in [1.165, 1.54) is 29.2 Å². The summed E-state index contributed by atoms with van der Waals surface area (Å²) in [6.07, 6.45) is 0. The van der Waals surface area contributed by atoms with Gasteiger partial charge in [0.15, 0.2) is 5.82 Å². The van der Waals surface area contributed by atoms with Gasteiger partial charge in [0, 0.05) is 19.2 Å². The molecule has 9 nitrogen and oxygen atoms in total. The summed E-state index contributed by atoms with van der Waals surface area (Å²) >= 11 is 0. The Bertz CT molecular complexity index is 801. The van der Waals surface area contributed by atoms with Crippen LogP contribution in [0.5, 0.6) is 0 Å². The van der Waals surface area contributed by atoms with E-state index in [1.807, 2.05) is 0 Å². The molecule has 0 saturated carbocycles. The summed E-state index contributed by atoms with van der Waals surface area (Å²) in [5, 5.41) is 12.3. The maximum atomic E-state index is 12.3. The van der Waals surface area contributed by atoms with Gasteiger partial charge >= 0.3 is 0 Å². The molecule has 2 rings (SSSR count). The molecule has 10 heteroatoms. The molecule has 24 heavy (non-hydrogen) atoms. The first-order valence-corrected chi connectivity index (χ1v) is 8.57. The van der Waals surface area contributed by atoms with Crippen LogP contribution in [0.25, 0.3) is 0 Å². The van der Waals surface area contributed by atoms with E-state index in [1.54, 1.807) is 14.0 Å². The molecule has 1 aromatic carbocycles. The van der Waals surface area contributed by atoms with Gasteiger partial charge in [0.05, 0.1) is 18.0 Å². The molecule has 2 N–H and O–H groups in total. The van der Waals surface area contributed by atoms with E-state index in [9.17, 15) is 13.2 Å². The van der Waals surface area contributed by atoms with Crippen molar-refractivity contribution in [1.82, 2.24) is 19.8 Å². The summed E-state index contributed by atoms with van der Waals surface area (Å²) < 4.78 is 31.0. The summed E-state index contributed by atoms with van der Waals surface area (Å²) in [5.74, 6) is 0.490. The van der Waals surface area contributed by atoms with Crippen molar-refractivity contribution in [3.8, 4) is 0 Å². The molecule has 2 aromatic rings. The number of sulfonamides is 1. The predicted octanol–water partition coefficient (Wildman–Crippen LogP) is -0.0792. The molecule has 0 radical (unpaired) electrons. The predicted molar refractivity (Wildman–Crippen MR) is 83.5 cm³/mol. The molecule has 1 amide bonds. The van der Waals surface area contributed by atoms with Crippen molar-refractivity contribution in [3.05, 3.63) is 41.5 Å². The lowest BCUT2D eigenvalue weighted by molar-refractivity contribution is 0.0769. The molecule has 1 heterocycles. The largest absolute Gasteiger partial charge is 0.395 e. The molecular formula is C14H18N4O5S. The summed E-state index contributed by atoms with van der Waals surface area (Å²) in [7, 11) is -2.12. The molecule has 0 bridgehead atoms. The molecule has 0 aliphatic rings. The smallest absolute Gasteiger partial charge is 0.254 e. The highest BCUT2D eigenvalue weighted by molar-refractivity contribution is 7.89. The lowest BCUT2D eigenvalue weighted by Gasteiger charge is -2.15. The zero-order valence-corrected chi connectivity index (χ0v) is 14.1. The molecule has 130 valence electrons. The fourth-order valence-electron chi connectivity index (χ4n) is 1.94. The van der Waals surface area contributed by atoms with E-state index in [4.69, 9.17) is 9.63 Å². The lowest BCUT2D eigenvalue weighted by atomic mass is 10.2. The summed E-state index contributed by atoms with van der Waals surface area (Å²) in [4.78, 5) is 17.8. The van der Waals surface area contributed by atoms with Crippen LogP contribution < -0.4 is 4.72 Å². The third-order valence-corrected chi connectivity index (χ3v) is 4.58. The number of hydrogen-bond donors (Lipinski definition) is 2. The zero-order valence-electron chi connectivity index (χ0n) is 13.3. The average molecular weight is 354 g/mol. The second kappa shape index (κ2) is 7.51. The van der Waals surface area contributed by atoms with Crippen LogP contribution in [0.15, 0.2) is 33.7 Å². The van der Waals surface area contributed by atoms with Crippen molar-refractivity contribution in [1.29, 1.82) is 0 Å². The van der Waals surface area contributed by atoms with Gasteiger partial charge in [0.1, 0.15) is 0 Å². The molecule has 0 unspecified atom stereocenters. The van der Waals surface area contributed by atoms with Crippen molar-refractivity contribution in [2.24, 2.45) is 0 Å². The van der Waals surface area contributed by atoms with E-state index in [-0.39, 0.29) is 30.5 Å². The van der Waals surface area contributed by atoms with Gasteiger partial charge in [-0.2, -0.15) is 4.98 Å². The molecule has 0 aliphatic heterocycles. The molecule has 0 saturated heterocycles. The van der Waals surface area contributed by atoms with Crippen LogP contribution in [0.1, 0.15) is 22.1 Å². The topological polar surface area (TPSA) is 126 Å². The number of nitrogens with zero attached hydrogens (tertiary/aromatic N) is 3. The van der Waals surface area contributed by atoms with E-state index in [0.717, 1.165) is 0 Å². The number of aliphatic hydroxyl groups excluding tert-OH is 1. The number of carbonyl (C=O) groups excluding carboxylic acids is 1. The Balaban J connectivity index is 2.08. The third-order valence-electron chi connectivity index (χ3n) is 3.10. The summed E-state index contributed by atoms with van der Waals surface area (Å²) in [6, 6.07) is 5.51.